The first-order chi connectivity index (χ1) is 9.66. The number of aryl methyl sites for hydroxylation is 3. The molecular formula is C13H21N7. The summed E-state index contributed by atoms with van der Waals surface area (Å²) < 4.78 is 1.83. The average Bonchev–Trinajstić information content (AvgIpc) is 2.84. The van der Waals surface area contributed by atoms with E-state index in [0.717, 1.165) is 30.2 Å². The second-order valence-corrected chi connectivity index (χ2v) is 4.53. The Morgan fingerprint density at radius 3 is 2.60 bits per heavy atom. The van der Waals surface area contributed by atoms with E-state index in [1.807, 2.05) is 24.9 Å². The summed E-state index contributed by atoms with van der Waals surface area (Å²) in [7, 11) is 1.93. The lowest BCUT2D eigenvalue weighted by atomic mass is 10.2. The second-order valence-electron chi connectivity index (χ2n) is 4.53. The summed E-state index contributed by atoms with van der Waals surface area (Å²) in [6.45, 7) is 4.79. The van der Waals surface area contributed by atoms with E-state index in [4.69, 9.17) is 5.84 Å². The van der Waals surface area contributed by atoms with Crippen LogP contribution in [0, 0.1) is 0 Å². The first-order valence-electron chi connectivity index (χ1n) is 6.76. The lowest BCUT2D eigenvalue weighted by Crippen LogP contribution is -2.12. The van der Waals surface area contributed by atoms with Crippen molar-refractivity contribution in [3.8, 4) is 0 Å². The van der Waals surface area contributed by atoms with Crippen molar-refractivity contribution >= 4 is 11.6 Å². The molecule has 0 amide bonds. The number of hydrogen-bond acceptors (Lipinski definition) is 6. The highest BCUT2D eigenvalue weighted by Gasteiger charge is 2.07. The molecule has 4 N–H and O–H groups in total. The van der Waals surface area contributed by atoms with Crippen LogP contribution in [0.5, 0.6) is 0 Å². The van der Waals surface area contributed by atoms with E-state index in [9.17, 15) is 0 Å². The molecule has 0 aliphatic heterocycles. The first kappa shape index (κ1) is 14.3. The Morgan fingerprint density at radius 1 is 1.20 bits per heavy atom. The Balaban J connectivity index is 2.13. The van der Waals surface area contributed by atoms with E-state index in [1.165, 1.54) is 5.56 Å². The molecule has 0 aliphatic rings. The molecule has 108 valence electrons. The third kappa shape index (κ3) is 3.24. The Bertz CT molecular complexity index is 554. The van der Waals surface area contributed by atoms with Gasteiger partial charge in [0.25, 0.3) is 0 Å². The summed E-state index contributed by atoms with van der Waals surface area (Å²) in [5, 5.41) is 7.72. The SMILES string of the molecule is CCc1nc(NN)cc(NCc2cn(C)nc2CC)n1. The molecule has 2 rings (SSSR count). The van der Waals surface area contributed by atoms with Gasteiger partial charge in [-0.3, -0.25) is 4.68 Å². The van der Waals surface area contributed by atoms with Gasteiger partial charge in [0.15, 0.2) is 0 Å². The standard InChI is InChI=1S/C13H21N7/c1-4-10-9(8-20(3)19-10)7-15-12-6-13(18-14)17-11(5-2)16-12/h6,8H,4-5,7,14H2,1-3H3,(H2,15,16,17,18). The topological polar surface area (TPSA) is 93.7 Å². The molecule has 0 saturated carbocycles. The highest BCUT2D eigenvalue weighted by atomic mass is 15.3. The van der Waals surface area contributed by atoms with Crippen molar-refractivity contribution < 1.29 is 0 Å². The minimum absolute atomic E-state index is 0.612. The molecule has 20 heavy (non-hydrogen) atoms. The average molecular weight is 275 g/mol. The molecule has 0 spiro atoms. The van der Waals surface area contributed by atoms with Crippen molar-refractivity contribution in [1.29, 1.82) is 0 Å². The van der Waals surface area contributed by atoms with Crippen LogP contribution in [0.25, 0.3) is 0 Å². The smallest absolute Gasteiger partial charge is 0.145 e. The number of aromatic nitrogens is 4. The van der Waals surface area contributed by atoms with Crippen molar-refractivity contribution in [2.24, 2.45) is 12.9 Å². The molecule has 0 atom stereocenters. The Kier molecular flexibility index (Phi) is 4.52. The highest BCUT2D eigenvalue weighted by molar-refractivity contribution is 5.47. The largest absolute Gasteiger partial charge is 0.366 e. The fourth-order valence-corrected chi connectivity index (χ4v) is 2.03. The summed E-state index contributed by atoms with van der Waals surface area (Å²) >= 11 is 0. The molecule has 2 aromatic rings. The van der Waals surface area contributed by atoms with Gasteiger partial charge in [-0.1, -0.05) is 13.8 Å². The van der Waals surface area contributed by atoms with Crippen LogP contribution in [0.2, 0.25) is 0 Å². The molecule has 2 heterocycles. The number of anilines is 2. The minimum Gasteiger partial charge on any atom is -0.366 e. The third-order valence-electron chi connectivity index (χ3n) is 3.02. The van der Waals surface area contributed by atoms with Gasteiger partial charge in [0.05, 0.1) is 5.69 Å². The van der Waals surface area contributed by atoms with Crippen molar-refractivity contribution in [2.45, 2.75) is 33.2 Å². The van der Waals surface area contributed by atoms with E-state index in [0.29, 0.717) is 12.4 Å². The molecule has 0 saturated heterocycles. The van der Waals surface area contributed by atoms with E-state index >= 15 is 0 Å². The quantitative estimate of drug-likeness (QED) is 0.542. The summed E-state index contributed by atoms with van der Waals surface area (Å²) in [6.07, 6.45) is 3.70. The van der Waals surface area contributed by atoms with Crippen LogP contribution in [0.4, 0.5) is 11.6 Å². The van der Waals surface area contributed by atoms with Crippen molar-refractivity contribution in [3.05, 3.63) is 29.3 Å². The van der Waals surface area contributed by atoms with Crippen molar-refractivity contribution in [2.75, 3.05) is 10.7 Å². The van der Waals surface area contributed by atoms with Gasteiger partial charge in [-0.15, -0.1) is 0 Å². The zero-order valence-electron chi connectivity index (χ0n) is 12.1. The monoisotopic (exact) mass is 275 g/mol. The van der Waals surface area contributed by atoms with E-state index in [1.54, 1.807) is 6.07 Å². The van der Waals surface area contributed by atoms with Gasteiger partial charge in [0, 0.05) is 37.8 Å². The van der Waals surface area contributed by atoms with Gasteiger partial charge in [-0.2, -0.15) is 5.10 Å². The number of nitrogens with zero attached hydrogens (tertiary/aromatic N) is 4. The van der Waals surface area contributed by atoms with Crippen LogP contribution in [-0.2, 0) is 26.4 Å². The van der Waals surface area contributed by atoms with E-state index in [2.05, 4.69) is 32.7 Å². The van der Waals surface area contributed by atoms with Crippen molar-refractivity contribution in [1.82, 2.24) is 19.7 Å². The summed E-state index contributed by atoms with van der Waals surface area (Å²) in [5.74, 6) is 7.54. The molecule has 0 unspecified atom stereocenters. The molecule has 0 bridgehead atoms. The molecule has 2 aromatic heterocycles. The number of nitrogen functional groups attached to an aromatic ring is 1. The first-order valence-corrected chi connectivity index (χ1v) is 6.76. The maximum Gasteiger partial charge on any atom is 0.145 e. The van der Waals surface area contributed by atoms with Crippen LogP contribution in [0.15, 0.2) is 12.3 Å². The van der Waals surface area contributed by atoms with Crippen LogP contribution in [0.1, 0.15) is 30.9 Å². The maximum absolute atomic E-state index is 5.42. The highest BCUT2D eigenvalue weighted by Crippen LogP contribution is 2.14. The number of hydrazine groups is 1. The maximum atomic E-state index is 5.42. The van der Waals surface area contributed by atoms with Crippen LogP contribution in [0.3, 0.4) is 0 Å². The van der Waals surface area contributed by atoms with Crippen LogP contribution in [-0.4, -0.2) is 19.7 Å². The van der Waals surface area contributed by atoms with Crippen molar-refractivity contribution in [3.63, 3.8) is 0 Å². The molecule has 7 heteroatoms. The number of nitrogens with two attached hydrogens (primary N) is 1. The summed E-state index contributed by atoms with van der Waals surface area (Å²) in [6, 6.07) is 1.79. The Hall–Kier alpha value is -2.15. The zero-order chi connectivity index (χ0) is 14.5. The summed E-state index contributed by atoms with van der Waals surface area (Å²) in [5.41, 5.74) is 4.83. The van der Waals surface area contributed by atoms with Gasteiger partial charge in [-0.05, 0) is 6.42 Å². The molecule has 0 fully saturated rings. The Morgan fingerprint density at radius 2 is 1.95 bits per heavy atom. The normalized spacial score (nSPS) is 10.6. The van der Waals surface area contributed by atoms with Gasteiger partial charge in [0.1, 0.15) is 17.5 Å². The van der Waals surface area contributed by atoms with Crippen LogP contribution >= 0.6 is 0 Å². The van der Waals surface area contributed by atoms with Gasteiger partial charge in [0.2, 0.25) is 0 Å². The van der Waals surface area contributed by atoms with Gasteiger partial charge >= 0.3 is 0 Å². The predicted octanol–water partition coefficient (Wildman–Crippen LogP) is 1.23. The summed E-state index contributed by atoms with van der Waals surface area (Å²) in [4.78, 5) is 8.69. The molecule has 7 nitrogen and oxygen atoms in total. The molecule has 0 aromatic carbocycles. The lowest BCUT2D eigenvalue weighted by Gasteiger charge is -2.08. The second kappa shape index (κ2) is 6.33. The molecule has 0 radical (unpaired) electrons. The zero-order valence-corrected chi connectivity index (χ0v) is 12.1. The molecular weight excluding hydrogens is 254 g/mol. The van der Waals surface area contributed by atoms with Crippen LogP contribution < -0.4 is 16.6 Å². The van der Waals surface area contributed by atoms with E-state index in [-0.39, 0.29) is 0 Å². The number of hydrogen-bond donors (Lipinski definition) is 3. The fraction of sp³-hybridized carbons (Fsp3) is 0.462. The third-order valence-corrected chi connectivity index (χ3v) is 3.02. The number of nitrogens with one attached hydrogen (secondary N) is 2. The molecule has 0 aliphatic carbocycles. The van der Waals surface area contributed by atoms with Gasteiger partial charge < -0.3 is 10.7 Å². The van der Waals surface area contributed by atoms with Gasteiger partial charge in [-0.25, -0.2) is 15.8 Å². The minimum atomic E-state index is 0.612. The fourth-order valence-electron chi connectivity index (χ4n) is 2.03. The predicted molar refractivity (Wildman–Crippen MR) is 79.1 cm³/mol. The van der Waals surface area contributed by atoms with E-state index < -0.39 is 0 Å². The lowest BCUT2D eigenvalue weighted by molar-refractivity contribution is 0.746. The Labute approximate surface area is 118 Å². The number of rotatable bonds is 6.